The summed E-state index contributed by atoms with van der Waals surface area (Å²) in [5.74, 6) is -0.0247. The van der Waals surface area contributed by atoms with E-state index in [0.717, 1.165) is 23.7 Å². The van der Waals surface area contributed by atoms with Crippen LogP contribution in [0.2, 0.25) is 0 Å². The third-order valence-corrected chi connectivity index (χ3v) is 4.45. The van der Waals surface area contributed by atoms with Crippen LogP contribution >= 0.6 is 22.7 Å². The molecule has 0 aliphatic heterocycles. The van der Waals surface area contributed by atoms with Crippen LogP contribution in [0, 0.1) is 6.92 Å². The lowest BCUT2D eigenvalue weighted by atomic mass is 10.2. The Labute approximate surface area is 115 Å². The van der Waals surface area contributed by atoms with Gasteiger partial charge < -0.3 is 10.6 Å². The van der Waals surface area contributed by atoms with Crippen LogP contribution in [0.15, 0.2) is 22.2 Å². The van der Waals surface area contributed by atoms with E-state index in [9.17, 15) is 4.79 Å². The van der Waals surface area contributed by atoms with Gasteiger partial charge in [-0.3, -0.25) is 4.79 Å². The molecule has 2 aromatic heterocycles. The van der Waals surface area contributed by atoms with Gasteiger partial charge in [-0.1, -0.05) is 0 Å². The zero-order valence-corrected chi connectivity index (χ0v) is 12.1. The molecule has 18 heavy (non-hydrogen) atoms. The van der Waals surface area contributed by atoms with E-state index in [-0.39, 0.29) is 5.91 Å². The van der Waals surface area contributed by atoms with E-state index in [1.165, 1.54) is 18.1 Å². The number of carbonyl (C=O) groups excluding carboxylic acids is 1. The maximum absolute atomic E-state index is 11.0. The predicted octanol–water partition coefficient (Wildman–Crippen LogP) is 3.37. The molecule has 3 nitrogen and oxygen atoms in total. The fourth-order valence-electron chi connectivity index (χ4n) is 1.66. The lowest BCUT2D eigenvalue weighted by Gasteiger charge is -2.06. The molecule has 2 N–H and O–H groups in total. The largest absolute Gasteiger partial charge is 0.325 e. The van der Waals surface area contributed by atoms with Crippen molar-refractivity contribution in [2.24, 2.45) is 0 Å². The van der Waals surface area contributed by atoms with Crippen LogP contribution in [0.5, 0.6) is 0 Å². The highest BCUT2D eigenvalue weighted by molar-refractivity contribution is 7.10. The van der Waals surface area contributed by atoms with Gasteiger partial charge >= 0.3 is 0 Å². The Hall–Kier alpha value is -1.17. The molecule has 1 amide bonds. The molecule has 0 aliphatic rings. The topological polar surface area (TPSA) is 41.1 Å². The Morgan fingerprint density at radius 1 is 1.33 bits per heavy atom. The van der Waals surface area contributed by atoms with Crippen molar-refractivity contribution in [3.05, 3.63) is 38.2 Å². The third-order valence-electron chi connectivity index (χ3n) is 2.62. The van der Waals surface area contributed by atoms with Crippen molar-refractivity contribution < 1.29 is 4.79 Å². The number of amides is 1. The first-order valence-corrected chi connectivity index (χ1v) is 7.55. The summed E-state index contributed by atoms with van der Waals surface area (Å²) in [5.41, 5.74) is 3.60. The average Bonchev–Trinajstić information content (AvgIpc) is 2.89. The number of carbonyl (C=O) groups is 1. The molecular weight excluding hydrogens is 264 g/mol. The minimum absolute atomic E-state index is 0.0247. The number of aryl methyl sites for hydroxylation is 1. The lowest BCUT2D eigenvalue weighted by molar-refractivity contribution is -0.114. The standard InChI is InChI=1S/C13H16N2OS2/c1-9-7-17-8-11(9)5-14-6-13-12(3-4-18-13)15-10(2)16/h3-4,7-8,14H,5-6H2,1-2H3,(H,15,16). The lowest BCUT2D eigenvalue weighted by Crippen LogP contribution is -2.14. The van der Waals surface area contributed by atoms with Crippen LogP contribution in [0.25, 0.3) is 0 Å². The predicted molar refractivity (Wildman–Crippen MR) is 78.2 cm³/mol. The molecule has 0 saturated carbocycles. The van der Waals surface area contributed by atoms with Crippen LogP contribution in [-0.2, 0) is 17.9 Å². The summed E-state index contributed by atoms with van der Waals surface area (Å²) in [6, 6.07) is 1.94. The van der Waals surface area contributed by atoms with Gasteiger partial charge in [0.05, 0.1) is 5.69 Å². The second-order valence-electron chi connectivity index (χ2n) is 4.12. The molecule has 2 heterocycles. The Morgan fingerprint density at radius 2 is 2.17 bits per heavy atom. The molecule has 0 unspecified atom stereocenters. The van der Waals surface area contributed by atoms with E-state index < -0.39 is 0 Å². The molecule has 0 spiro atoms. The highest BCUT2D eigenvalue weighted by Gasteiger charge is 2.05. The molecule has 96 valence electrons. The van der Waals surface area contributed by atoms with Gasteiger partial charge in [-0.2, -0.15) is 11.3 Å². The van der Waals surface area contributed by atoms with Gasteiger partial charge in [-0.25, -0.2) is 0 Å². The van der Waals surface area contributed by atoms with Crippen LogP contribution in [0.4, 0.5) is 5.69 Å². The molecule has 0 radical (unpaired) electrons. The summed E-state index contributed by atoms with van der Waals surface area (Å²) in [7, 11) is 0. The zero-order chi connectivity index (χ0) is 13.0. The van der Waals surface area contributed by atoms with Crippen LogP contribution in [0.3, 0.4) is 0 Å². The zero-order valence-electron chi connectivity index (χ0n) is 10.4. The maximum Gasteiger partial charge on any atom is 0.221 e. The van der Waals surface area contributed by atoms with E-state index in [2.05, 4.69) is 28.3 Å². The minimum atomic E-state index is -0.0247. The number of rotatable bonds is 5. The number of thiophene rings is 2. The molecule has 2 aromatic rings. The monoisotopic (exact) mass is 280 g/mol. The van der Waals surface area contributed by atoms with Crippen LogP contribution in [0.1, 0.15) is 22.9 Å². The van der Waals surface area contributed by atoms with Gasteiger partial charge in [-0.05, 0) is 40.3 Å². The Kier molecular flexibility index (Phi) is 4.52. The summed E-state index contributed by atoms with van der Waals surface area (Å²) >= 11 is 3.39. The molecule has 5 heteroatoms. The van der Waals surface area contributed by atoms with Gasteiger partial charge in [0.15, 0.2) is 0 Å². The smallest absolute Gasteiger partial charge is 0.221 e. The van der Waals surface area contributed by atoms with E-state index in [1.807, 2.05) is 11.4 Å². The van der Waals surface area contributed by atoms with Crippen molar-refractivity contribution in [2.45, 2.75) is 26.9 Å². The first-order valence-electron chi connectivity index (χ1n) is 5.73. The van der Waals surface area contributed by atoms with Crippen LogP contribution < -0.4 is 10.6 Å². The molecule has 2 rings (SSSR count). The molecule has 0 atom stereocenters. The Bertz CT molecular complexity index is 531. The second kappa shape index (κ2) is 6.13. The average molecular weight is 280 g/mol. The Morgan fingerprint density at radius 3 is 2.83 bits per heavy atom. The van der Waals surface area contributed by atoms with Crippen molar-refractivity contribution in [1.82, 2.24) is 5.32 Å². The van der Waals surface area contributed by atoms with Crippen molar-refractivity contribution in [2.75, 3.05) is 5.32 Å². The molecule has 0 fully saturated rings. The third kappa shape index (κ3) is 3.41. The van der Waals surface area contributed by atoms with Crippen molar-refractivity contribution in [3.8, 4) is 0 Å². The van der Waals surface area contributed by atoms with E-state index >= 15 is 0 Å². The van der Waals surface area contributed by atoms with Crippen molar-refractivity contribution in [3.63, 3.8) is 0 Å². The summed E-state index contributed by atoms with van der Waals surface area (Å²) in [4.78, 5) is 12.2. The Balaban J connectivity index is 1.89. The number of hydrogen-bond acceptors (Lipinski definition) is 4. The highest BCUT2D eigenvalue weighted by atomic mass is 32.1. The minimum Gasteiger partial charge on any atom is -0.325 e. The quantitative estimate of drug-likeness (QED) is 0.881. The van der Waals surface area contributed by atoms with Gasteiger partial charge in [-0.15, -0.1) is 11.3 Å². The summed E-state index contributed by atoms with van der Waals surface area (Å²) in [6.45, 7) is 5.31. The SMILES string of the molecule is CC(=O)Nc1ccsc1CNCc1cscc1C. The highest BCUT2D eigenvalue weighted by Crippen LogP contribution is 2.22. The van der Waals surface area contributed by atoms with E-state index in [1.54, 1.807) is 22.7 Å². The van der Waals surface area contributed by atoms with Gasteiger partial charge in [0.2, 0.25) is 5.91 Å². The van der Waals surface area contributed by atoms with Gasteiger partial charge in [0.25, 0.3) is 0 Å². The fourth-order valence-corrected chi connectivity index (χ4v) is 3.31. The molecule has 0 aromatic carbocycles. The van der Waals surface area contributed by atoms with Crippen molar-refractivity contribution in [1.29, 1.82) is 0 Å². The molecule has 0 bridgehead atoms. The maximum atomic E-state index is 11.0. The van der Waals surface area contributed by atoms with E-state index in [4.69, 9.17) is 0 Å². The van der Waals surface area contributed by atoms with Crippen molar-refractivity contribution >= 4 is 34.3 Å². The summed E-state index contributed by atoms with van der Waals surface area (Å²) < 4.78 is 0. The first-order chi connectivity index (χ1) is 8.66. The van der Waals surface area contributed by atoms with E-state index in [0.29, 0.717) is 0 Å². The number of hydrogen-bond donors (Lipinski definition) is 2. The first kappa shape index (κ1) is 13.3. The molecule has 0 aliphatic carbocycles. The van der Waals surface area contributed by atoms with Crippen LogP contribution in [-0.4, -0.2) is 5.91 Å². The summed E-state index contributed by atoms with van der Waals surface area (Å²) in [5, 5.41) is 12.6. The fraction of sp³-hybridized carbons (Fsp3) is 0.308. The molecular formula is C13H16N2OS2. The van der Waals surface area contributed by atoms with Gasteiger partial charge in [0, 0.05) is 24.9 Å². The second-order valence-corrected chi connectivity index (χ2v) is 5.87. The number of nitrogens with one attached hydrogen (secondary N) is 2. The number of anilines is 1. The normalized spacial score (nSPS) is 10.6. The van der Waals surface area contributed by atoms with Gasteiger partial charge in [0.1, 0.15) is 0 Å². The molecule has 0 saturated heterocycles. The summed E-state index contributed by atoms with van der Waals surface area (Å²) in [6.07, 6.45) is 0.